The van der Waals surface area contributed by atoms with Gasteiger partial charge in [-0.05, 0) is 58.5 Å². The minimum absolute atomic E-state index is 0.115. The van der Waals surface area contributed by atoms with Gasteiger partial charge in [0.25, 0.3) is 0 Å². The molecule has 2 saturated heterocycles. The van der Waals surface area contributed by atoms with E-state index in [4.69, 9.17) is 0 Å². The highest BCUT2D eigenvalue weighted by atomic mass is 16.2. The molecule has 0 unspecified atom stereocenters. The van der Waals surface area contributed by atoms with Gasteiger partial charge >= 0.3 is 6.03 Å². The molecule has 4 heteroatoms. The number of hydrogen-bond acceptors (Lipinski definition) is 2. The largest absolute Gasteiger partial charge is 0.336 e. The Kier molecular flexibility index (Phi) is 4.87. The summed E-state index contributed by atoms with van der Waals surface area (Å²) < 4.78 is 0. The maximum atomic E-state index is 11.9. The number of carbonyl (C=O) groups is 1. The molecule has 2 aliphatic rings. The fraction of sp³-hybridized carbons (Fsp3) is 0.929. The number of hydrogen-bond donors (Lipinski definition) is 1. The van der Waals surface area contributed by atoms with Crippen LogP contribution in [0.15, 0.2) is 0 Å². The van der Waals surface area contributed by atoms with Gasteiger partial charge in [-0.25, -0.2) is 4.79 Å². The molecule has 2 rings (SSSR count). The van der Waals surface area contributed by atoms with Crippen LogP contribution >= 0.6 is 0 Å². The van der Waals surface area contributed by atoms with Gasteiger partial charge in [0.1, 0.15) is 0 Å². The van der Waals surface area contributed by atoms with Crippen molar-refractivity contribution in [1.29, 1.82) is 0 Å². The van der Waals surface area contributed by atoms with E-state index in [9.17, 15) is 4.79 Å². The molecule has 104 valence electrons. The molecule has 0 radical (unpaired) electrons. The Hall–Kier alpha value is -0.770. The van der Waals surface area contributed by atoms with Crippen LogP contribution in [0, 0.1) is 5.92 Å². The fourth-order valence-electron chi connectivity index (χ4n) is 2.99. The van der Waals surface area contributed by atoms with Gasteiger partial charge in [-0.2, -0.15) is 0 Å². The van der Waals surface area contributed by atoms with Crippen molar-refractivity contribution in [3.8, 4) is 0 Å². The van der Waals surface area contributed by atoms with Gasteiger partial charge in [-0.15, -0.1) is 0 Å². The lowest BCUT2D eigenvalue weighted by Crippen LogP contribution is -2.47. The molecule has 2 fully saturated rings. The van der Waals surface area contributed by atoms with Gasteiger partial charge < -0.3 is 15.1 Å². The molecule has 0 aromatic carbocycles. The number of likely N-dealkylation sites (tertiary alicyclic amines) is 2. The highest BCUT2D eigenvalue weighted by Crippen LogP contribution is 2.20. The first-order valence-electron chi connectivity index (χ1n) is 7.43. The fourth-order valence-corrected chi connectivity index (χ4v) is 2.99. The van der Waals surface area contributed by atoms with Crippen LogP contribution in [0.5, 0.6) is 0 Å². The van der Waals surface area contributed by atoms with E-state index in [1.165, 1.54) is 45.3 Å². The molecule has 18 heavy (non-hydrogen) atoms. The lowest BCUT2D eigenvalue weighted by molar-refractivity contribution is 0.153. The van der Waals surface area contributed by atoms with Crippen LogP contribution in [0.3, 0.4) is 0 Å². The third kappa shape index (κ3) is 3.87. The van der Waals surface area contributed by atoms with E-state index < -0.39 is 0 Å². The SMILES string of the molecule is CC(C)NC(=O)N1CCC(CN2CCCC2)CC1. The van der Waals surface area contributed by atoms with Crippen molar-refractivity contribution in [1.82, 2.24) is 15.1 Å². The number of amides is 2. The summed E-state index contributed by atoms with van der Waals surface area (Å²) in [4.78, 5) is 16.4. The summed E-state index contributed by atoms with van der Waals surface area (Å²) in [7, 11) is 0. The third-order valence-electron chi connectivity index (χ3n) is 4.03. The number of urea groups is 1. The van der Waals surface area contributed by atoms with Crippen molar-refractivity contribution in [3.05, 3.63) is 0 Å². The van der Waals surface area contributed by atoms with E-state index in [0.717, 1.165) is 19.0 Å². The third-order valence-corrected chi connectivity index (χ3v) is 4.03. The first-order chi connectivity index (χ1) is 8.65. The Labute approximate surface area is 111 Å². The average Bonchev–Trinajstić information content (AvgIpc) is 2.82. The Balaban J connectivity index is 1.68. The molecule has 0 spiro atoms. The van der Waals surface area contributed by atoms with Crippen molar-refractivity contribution in [2.45, 2.75) is 45.6 Å². The van der Waals surface area contributed by atoms with Crippen molar-refractivity contribution in [2.24, 2.45) is 5.92 Å². The molecule has 0 atom stereocenters. The number of carbonyl (C=O) groups excluding carboxylic acids is 1. The monoisotopic (exact) mass is 253 g/mol. The maximum Gasteiger partial charge on any atom is 0.317 e. The van der Waals surface area contributed by atoms with Crippen molar-refractivity contribution >= 4 is 6.03 Å². The first kappa shape index (κ1) is 13.7. The lowest BCUT2D eigenvalue weighted by Gasteiger charge is -2.34. The minimum Gasteiger partial charge on any atom is -0.336 e. The Morgan fingerprint density at radius 2 is 1.78 bits per heavy atom. The van der Waals surface area contributed by atoms with Gasteiger partial charge in [0.15, 0.2) is 0 Å². The van der Waals surface area contributed by atoms with Gasteiger partial charge in [-0.1, -0.05) is 0 Å². The number of piperidine rings is 1. The molecule has 2 heterocycles. The number of nitrogens with zero attached hydrogens (tertiary/aromatic N) is 2. The van der Waals surface area contributed by atoms with Crippen LogP contribution in [0.25, 0.3) is 0 Å². The van der Waals surface area contributed by atoms with Crippen LogP contribution in [0.4, 0.5) is 4.79 Å². The number of nitrogens with one attached hydrogen (secondary N) is 1. The standard InChI is InChI=1S/C14H27N3O/c1-12(2)15-14(18)17-9-5-13(6-10-17)11-16-7-3-4-8-16/h12-13H,3-11H2,1-2H3,(H,15,18). The smallest absolute Gasteiger partial charge is 0.317 e. The summed E-state index contributed by atoms with van der Waals surface area (Å²) >= 11 is 0. The molecule has 4 nitrogen and oxygen atoms in total. The summed E-state index contributed by atoms with van der Waals surface area (Å²) in [5.74, 6) is 0.797. The van der Waals surface area contributed by atoms with Crippen LogP contribution < -0.4 is 5.32 Å². The van der Waals surface area contributed by atoms with E-state index in [2.05, 4.69) is 10.2 Å². The van der Waals surface area contributed by atoms with Crippen LogP contribution in [-0.4, -0.2) is 54.6 Å². The minimum atomic E-state index is 0.115. The first-order valence-corrected chi connectivity index (χ1v) is 7.43. The van der Waals surface area contributed by atoms with Gasteiger partial charge in [-0.3, -0.25) is 0 Å². The molecule has 0 saturated carbocycles. The van der Waals surface area contributed by atoms with E-state index in [0.29, 0.717) is 0 Å². The van der Waals surface area contributed by atoms with Crippen molar-refractivity contribution < 1.29 is 4.79 Å². The molecular weight excluding hydrogens is 226 g/mol. The molecule has 1 N–H and O–H groups in total. The van der Waals surface area contributed by atoms with Crippen molar-refractivity contribution in [3.63, 3.8) is 0 Å². The highest BCUT2D eigenvalue weighted by Gasteiger charge is 2.25. The average molecular weight is 253 g/mol. The predicted octanol–water partition coefficient (Wildman–Crippen LogP) is 1.91. The normalized spacial score (nSPS) is 22.7. The molecule has 0 aromatic rings. The predicted molar refractivity (Wildman–Crippen MR) is 73.6 cm³/mol. The van der Waals surface area contributed by atoms with E-state index in [1.54, 1.807) is 0 Å². The summed E-state index contributed by atoms with van der Waals surface area (Å²) in [6, 6.07) is 0.351. The second kappa shape index (κ2) is 6.41. The van der Waals surface area contributed by atoms with Gasteiger partial charge in [0.05, 0.1) is 0 Å². The summed E-state index contributed by atoms with van der Waals surface area (Å²) in [6.45, 7) is 9.70. The zero-order chi connectivity index (χ0) is 13.0. The molecule has 2 aliphatic heterocycles. The van der Waals surface area contributed by atoms with Gasteiger partial charge in [0.2, 0.25) is 0 Å². The van der Waals surface area contributed by atoms with Crippen LogP contribution in [0.1, 0.15) is 39.5 Å². The highest BCUT2D eigenvalue weighted by molar-refractivity contribution is 5.74. The van der Waals surface area contributed by atoms with Crippen LogP contribution in [0.2, 0.25) is 0 Å². The Morgan fingerprint density at radius 3 is 2.33 bits per heavy atom. The van der Waals surface area contributed by atoms with Crippen molar-refractivity contribution in [2.75, 3.05) is 32.7 Å². The lowest BCUT2D eigenvalue weighted by atomic mass is 9.96. The zero-order valence-corrected chi connectivity index (χ0v) is 11.8. The topological polar surface area (TPSA) is 35.6 Å². The van der Waals surface area contributed by atoms with E-state index in [-0.39, 0.29) is 12.1 Å². The quantitative estimate of drug-likeness (QED) is 0.834. The molecule has 0 aromatic heterocycles. The summed E-state index contributed by atoms with van der Waals surface area (Å²) in [6.07, 6.45) is 5.08. The summed E-state index contributed by atoms with van der Waals surface area (Å²) in [5.41, 5.74) is 0. The Bertz CT molecular complexity index is 266. The molecule has 2 amide bonds. The molecule has 0 aliphatic carbocycles. The molecule has 0 bridgehead atoms. The number of rotatable bonds is 3. The van der Waals surface area contributed by atoms with E-state index >= 15 is 0 Å². The van der Waals surface area contributed by atoms with Crippen LogP contribution in [-0.2, 0) is 0 Å². The maximum absolute atomic E-state index is 11.9. The van der Waals surface area contributed by atoms with Gasteiger partial charge in [0, 0.05) is 25.7 Å². The zero-order valence-electron chi connectivity index (χ0n) is 11.8. The second-order valence-corrected chi connectivity index (χ2v) is 6.04. The summed E-state index contributed by atoms with van der Waals surface area (Å²) in [5, 5.41) is 2.98. The van der Waals surface area contributed by atoms with E-state index in [1.807, 2.05) is 18.7 Å². The molecular formula is C14H27N3O. The second-order valence-electron chi connectivity index (χ2n) is 6.04. The Morgan fingerprint density at radius 1 is 1.17 bits per heavy atom.